The fourth-order valence-electron chi connectivity index (χ4n) is 1.93. The molecule has 0 unspecified atom stereocenters. The molecule has 0 aliphatic rings. The molecule has 0 bridgehead atoms. The number of halogens is 2. The van der Waals surface area contributed by atoms with Crippen molar-refractivity contribution in [2.75, 3.05) is 5.32 Å². The molecule has 7 heteroatoms. The number of anilines is 1. The van der Waals surface area contributed by atoms with Crippen LogP contribution in [0.5, 0.6) is 0 Å². The number of benzene rings is 2. The third-order valence-corrected chi connectivity index (χ3v) is 2.90. The van der Waals surface area contributed by atoms with Crippen LogP contribution in [0.4, 0.5) is 14.5 Å². The van der Waals surface area contributed by atoms with Crippen LogP contribution < -0.4 is 5.32 Å². The van der Waals surface area contributed by atoms with Gasteiger partial charge in [0.25, 0.3) is 0 Å². The smallest absolute Gasteiger partial charge is 0.143 e. The second kappa shape index (κ2) is 5.66. The van der Waals surface area contributed by atoms with Crippen LogP contribution in [0.25, 0.3) is 5.69 Å². The molecule has 2 aromatic carbocycles. The van der Waals surface area contributed by atoms with E-state index in [2.05, 4.69) is 20.8 Å². The third kappa shape index (κ3) is 3.19. The van der Waals surface area contributed by atoms with Gasteiger partial charge in [0.05, 0.1) is 5.69 Å². The van der Waals surface area contributed by atoms with Crippen molar-refractivity contribution in [2.24, 2.45) is 0 Å². The number of nitrogens with zero attached hydrogens (tertiary/aromatic N) is 4. The monoisotopic (exact) mass is 287 g/mol. The Morgan fingerprint density at radius 2 is 1.71 bits per heavy atom. The van der Waals surface area contributed by atoms with Gasteiger partial charge in [0.1, 0.15) is 18.0 Å². The SMILES string of the molecule is Fc1cc(F)cc(CNc2ccc(-n3cnnn3)cc2)c1. The largest absolute Gasteiger partial charge is 0.381 e. The molecule has 1 aromatic heterocycles. The topological polar surface area (TPSA) is 55.6 Å². The third-order valence-electron chi connectivity index (χ3n) is 2.90. The number of aromatic nitrogens is 4. The molecule has 0 amide bonds. The highest BCUT2D eigenvalue weighted by Gasteiger charge is 2.02. The Morgan fingerprint density at radius 1 is 1.00 bits per heavy atom. The predicted molar refractivity (Wildman–Crippen MR) is 72.8 cm³/mol. The summed E-state index contributed by atoms with van der Waals surface area (Å²) in [4.78, 5) is 0. The normalized spacial score (nSPS) is 10.6. The zero-order chi connectivity index (χ0) is 14.7. The lowest BCUT2D eigenvalue weighted by molar-refractivity contribution is 0.580. The average molecular weight is 287 g/mol. The van der Waals surface area contributed by atoms with Gasteiger partial charge in [-0.15, -0.1) is 5.10 Å². The van der Waals surface area contributed by atoms with Gasteiger partial charge in [0.15, 0.2) is 0 Å². The Labute approximate surface area is 119 Å². The lowest BCUT2D eigenvalue weighted by atomic mass is 10.2. The molecule has 0 spiro atoms. The number of rotatable bonds is 4. The molecule has 0 saturated heterocycles. The molecule has 3 rings (SSSR count). The van der Waals surface area contributed by atoms with Crippen LogP contribution in [0.1, 0.15) is 5.56 Å². The van der Waals surface area contributed by atoms with Crippen molar-refractivity contribution in [1.29, 1.82) is 0 Å². The van der Waals surface area contributed by atoms with Crippen LogP contribution in [-0.4, -0.2) is 20.2 Å². The Bertz CT molecular complexity index is 705. The molecule has 0 aliphatic heterocycles. The summed E-state index contributed by atoms with van der Waals surface area (Å²) in [5.41, 5.74) is 2.19. The van der Waals surface area contributed by atoms with Crippen molar-refractivity contribution in [3.63, 3.8) is 0 Å². The van der Waals surface area contributed by atoms with Gasteiger partial charge in [-0.05, 0) is 52.4 Å². The minimum atomic E-state index is -0.583. The Balaban J connectivity index is 1.68. The molecule has 3 aromatic rings. The van der Waals surface area contributed by atoms with Crippen molar-refractivity contribution in [3.8, 4) is 5.69 Å². The summed E-state index contributed by atoms with van der Waals surface area (Å²) in [5, 5.41) is 14.0. The molecular formula is C14H11F2N5. The summed E-state index contributed by atoms with van der Waals surface area (Å²) in [6.07, 6.45) is 1.50. The molecule has 106 valence electrons. The van der Waals surface area contributed by atoms with E-state index in [0.717, 1.165) is 17.4 Å². The van der Waals surface area contributed by atoms with E-state index in [9.17, 15) is 8.78 Å². The molecular weight excluding hydrogens is 276 g/mol. The van der Waals surface area contributed by atoms with Crippen LogP contribution in [0.2, 0.25) is 0 Å². The molecule has 0 fully saturated rings. The van der Waals surface area contributed by atoms with E-state index >= 15 is 0 Å². The summed E-state index contributed by atoms with van der Waals surface area (Å²) < 4.78 is 27.7. The predicted octanol–water partition coefficient (Wildman–Crippen LogP) is 2.55. The minimum absolute atomic E-state index is 0.332. The lowest BCUT2D eigenvalue weighted by Gasteiger charge is -2.08. The molecule has 0 atom stereocenters. The zero-order valence-corrected chi connectivity index (χ0v) is 10.9. The fraction of sp³-hybridized carbons (Fsp3) is 0.0714. The highest BCUT2D eigenvalue weighted by atomic mass is 19.1. The number of hydrogen-bond acceptors (Lipinski definition) is 4. The summed E-state index contributed by atoms with van der Waals surface area (Å²) in [7, 11) is 0. The average Bonchev–Trinajstić information content (AvgIpc) is 2.99. The number of nitrogens with one attached hydrogen (secondary N) is 1. The molecule has 0 aliphatic carbocycles. The van der Waals surface area contributed by atoms with E-state index in [4.69, 9.17) is 0 Å². The van der Waals surface area contributed by atoms with E-state index in [1.807, 2.05) is 24.3 Å². The molecule has 21 heavy (non-hydrogen) atoms. The van der Waals surface area contributed by atoms with Gasteiger partial charge >= 0.3 is 0 Å². The maximum Gasteiger partial charge on any atom is 0.143 e. The molecule has 0 radical (unpaired) electrons. The maximum atomic E-state index is 13.1. The van der Waals surface area contributed by atoms with Crippen molar-refractivity contribution in [3.05, 3.63) is 66.0 Å². The Morgan fingerprint density at radius 3 is 2.33 bits per heavy atom. The number of hydrogen-bond donors (Lipinski definition) is 1. The quantitative estimate of drug-likeness (QED) is 0.801. The van der Waals surface area contributed by atoms with E-state index in [1.54, 1.807) is 0 Å². The lowest BCUT2D eigenvalue weighted by Crippen LogP contribution is -2.01. The van der Waals surface area contributed by atoms with Gasteiger partial charge in [0, 0.05) is 18.3 Å². The zero-order valence-electron chi connectivity index (χ0n) is 10.9. The highest BCUT2D eigenvalue weighted by Crippen LogP contribution is 2.14. The van der Waals surface area contributed by atoms with E-state index in [-0.39, 0.29) is 0 Å². The fourth-order valence-corrected chi connectivity index (χ4v) is 1.93. The van der Waals surface area contributed by atoms with Gasteiger partial charge < -0.3 is 5.32 Å². The summed E-state index contributed by atoms with van der Waals surface area (Å²) >= 11 is 0. The molecule has 5 nitrogen and oxygen atoms in total. The van der Waals surface area contributed by atoms with Gasteiger partial charge in [-0.25, -0.2) is 13.5 Å². The van der Waals surface area contributed by atoms with E-state index in [0.29, 0.717) is 12.1 Å². The van der Waals surface area contributed by atoms with Crippen LogP contribution in [0, 0.1) is 11.6 Å². The van der Waals surface area contributed by atoms with Gasteiger partial charge in [-0.2, -0.15) is 0 Å². The first-order chi connectivity index (χ1) is 10.2. The second-order valence-corrected chi connectivity index (χ2v) is 4.43. The maximum absolute atomic E-state index is 13.1. The van der Waals surface area contributed by atoms with Crippen molar-refractivity contribution >= 4 is 5.69 Å². The molecule has 1 N–H and O–H groups in total. The summed E-state index contributed by atoms with van der Waals surface area (Å²) in [5.74, 6) is -1.17. The Hall–Kier alpha value is -2.83. The first kappa shape index (κ1) is 13.2. The molecule has 1 heterocycles. The second-order valence-electron chi connectivity index (χ2n) is 4.43. The van der Waals surface area contributed by atoms with E-state index < -0.39 is 11.6 Å². The van der Waals surface area contributed by atoms with Crippen molar-refractivity contribution in [2.45, 2.75) is 6.54 Å². The van der Waals surface area contributed by atoms with Crippen LogP contribution in [-0.2, 0) is 6.54 Å². The number of tetrazole rings is 1. The van der Waals surface area contributed by atoms with Crippen LogP contribution in [0.3, 0.4) is 0 Å². The van der Waals surface area contributed by atoms with Crippen LogP contribution in [0.15, 0.2) is 48.8 Å². The van der Waals surface area contributed by atoms with Crippen molar-refractivity contribution in [1.82, 2.24) is 20.2 Å². The summed E-state index contributed by atoms with van der Waals surface area (Å²) in [6.45, 7) is 0.332. The van der Waals surface area contributed by atoms with Gasteiger partial charge in [0.2, 0.25) is 0 Å². The van der Waals surface area contributed by atoms with Crippen molar-refractivity contribution < 1.29 is 8.78 Å². The first-order valence-electron chi connectivity index (χ1n) is 6.23. The summed E-state index contributed by atoms with van der Waals surface area (Å²) in [6, 6.07) is 10.8. The van der Waals surface area contributed by atoms with Gasteiger partial charge in [-0.3, -0.25) is 0 Å². The van der Waals surface area contributed by atoms with Gasteiger partial charge in [-0.1, -0.05) is 0 Å². The van der Waals surface area contributed by atoms with Crippen LogP contribution >= 0.6 is 0 Å². The minimum Gasteiger partial charge on any atom is -0.381 e. The standard InChI is InChI=1S/C14H11F2N5/c15-11-5-10(6-12(16)7-11)8-17-13-1-3-14(4-2-13)21-9-18-19-20-21/h1-7,9,17H,8H2. The Kier molecular flexibility index (Phi) is 3.55. The molecule has 0 saturated carbocycles. The highest BCUT2D eigenvalue weighted by molar-refractivity contribution is 5.48. The first-order valence-corrected chi connectivity index (χ1v) is 6.23. The van der Waals surface area contributed by atoms with E-state index in [1.165, 1.54) is 23.1 Å².